The van der Waals surface area contributed by atoms with Gasteiger partial charge in [0.15, 0.2) is 0 Å². The van der Waals surface area contributed by atoms with E-state index < -0.39 is 0 Å². The van der Waals surface area contributed by atoms with E-state index in [9.17, 15) is 0 Å². The zero-order valence-corrected chi connectivity index (χ0v) is 20.2. The zero-order chi connectivity index (χ0) is 23.1. The fourth-order valence-corrected chi connectivity index (χ4v) is 5.94. The summed E-state index contributed by atoms with van der Waals surface area (Å²) in [4.78, 5) is 9.48. The van der Waals surface area contributed by atoms with Crippen LogP contribution in [0, 0.1) is 12.7 Å². The number of fused-ring (bicyclic) bond motifs is 1. The van der Waals surface area contributed by atoms with Crippen molar-refractivity contribution in [1.29, 1.82) is 0 Å². The molecule has 2 aromatic carbocycles. The molecule has 0 bridgehead atoms. The minimum absolute atomic E-state index is 0.359. The number of aryl methyl sites for hydroxylation is 1. The molecule has 2 heterocycles. The van der Waals surface area contributed by atoms with Crippen LogP contribution in [0.3, 0.4) is 0 Å². The molecule has 0 aliphatic heterocycles. The summed E-state index contributed by atoms with van der Waals surface area (Å²) >= 11 is 13.6. The lowest BCUT2D eigenvalue weighted by Crippen LogP contribution is -2.04. The molecule has 1 aliphatic rings. The lowest BCUT2D eigenvalue weighted by molar-refractivity contribution is 0.532. The van der Waals surface area contributed by atoms with Gasteiger partial charge in [0.2, 0.25) is 0 Å². The Labute approximate surface area is 205 Å². The van der Waals surface area contributed by atoms with Crippen molar-refractivity contribution in [2.45, 2.75) is 43.5 Å². The van der Waals surface area contributed by atoms with Gasteiger partial charge in [-0.15, -0.1) is 0 Å². The van der Waals surface area contributed by atoms with Crippen LogP contribution >= 0.6 is 35.1 Å². The van der Waals surface area contributed by atoms with Gasteiger partial charge in [-0.3, -0.25) is 0 Å². The Morgan fingerprint density at radius 2 is 1.94 bits per heavy atom. The van der Waals surface area contributed by atoms with Gasteiger partial charge in [-0.2, -0.15) is 0 Å². The molecule has 0 amide bonds. The molecule has 2 aromatic heterocycles. The van der Waals surface area contributed by atoms with Crippen molar-refractivity contribution < 1.29 is 4.39 Å². The first kappa shape index (κ1) is 22.3. The summed E-state index contributed by atoms with van der Waals surface area (Å²) in [5.41, 5.74) is 9.87. The highest BCUT2D eigenvalue weighted by atomic mass is 35.5. The van der Waals surface area contributed by atoms with Gasteiger partial charge >= 0.3 is 0 Å². The number of aromatic nitrogens is 3. The maximum atomic E-state index is 15.1. The SMILES string of the molecule is Cc1cc(Cl)cc(Cl)c1SNc1ccc(-c2cn(C3CCCC3)c3ncnc(N)c23)cc1F. The maximum Gasteiger partial charge on any atom is 0.147 e. The van der Waals surface area contributed by atoms with Crippen molar-refractivity contribution in [3.63, 3.8) is 0 Å². The van der Waals surface area contributed by atoms with E-state index in [0.29, 0.717) is 27.6 Å². The van der Waals surface area contributed by atoms with Gasteiger partial charge in [0.05, 0.1) is 21.0 Å². The Morgan fingerprint density at radius 3 is 2.67 bits per heavy atom. The molecule has 1 saturated carbocycles. The van der Waals surface area contributed by atoms with E-state index in [-0.39, 0.29) is 5.82 Å². The van der Waals surface area contributed by atoms with Gasteiger partial charge in [-0.25, -0.2) is 14.4 Å². The molecule has 0 radical (unpaired) electrons. The summed E-state index contributed by atoms with van der Waals surface area (Å²) in [6.45, 7) is 1.91. The third-order valence-corrected chi connectivity index (χ3v) is 7.79. The zero-order valence-electron chi connectivity index (χ0n) is 17.9. The van der Waals surface area contributed by atoms with Crippen LogP contribution in [0.25, 0.3) is 22.2 Å². The molecule has 4 aromatic rings. The molecular formula is C24H22Cl2FN5S. The molecule has 0 spiro atoms. The van der Waals surface area contributed by atoms with E-state index in [4.69, 9.17) is 28.9 Å². The number of nitrogens with one attached hydrogen (secondary N) is 1. The summed E-state index contributed by atoms with van der Waals surface area (Å²) in [5.74, 6) is 0.0256. The number of halogens is 3. The van der Waals surface area contributed by atoms with Crippen molar-refractivity contribution in [1.82, 2.24) is 14.5 Å². The van der Waals surface area contributed by atoms with Crippen LogP contribution in [-0.4, -0.2) is 14.5 Å². The minimum Gasteiger partial charge on any atom is -0.383 e. The fraction of sp³-hybridized carbons (Fsp3) is 0.250. The molecule has 33 heavy (non-hydrogen) atoms. The second-order valence-electron chi connectivity index (χ2n) is 8.28. The van der Waals surface area contributed by atoms with Crippen LogP contribution in [0.1, 0.15) is 37.3 Å². The molecule has 9 heteroatoms. The molecule has 170 valence electrons. The van der Waals surface area contributed by atoms with Crippen LogP contribution < -0.4 is 10.5 Å². The number of benzene rings is 2. The van der Waals surface area contributed by atoms with Crippen LogP contribution in [-0.2, 0) is 0 Å². The number of nitrogens with two attached hydrogens (primary N) is 1. The summed E-state index contributed by atoms with van der Waals surface area (Å²) in [5, 5.41) is 1.85. The quantitative estimate of drug-likeness (QED) is 0.274. The van der Waals surface area contributed by atoms with E-state index >= 15 is 4.39 Å². The standard InChI is InChI=1S/C24H22Cl2FN5S/c1-13-8-15(25)10-18(26)22(13)33-31-20-7-6-14(9-19(20)27)17-11-32(16-4-2-3-5-16)24-21(17)23(28)29-12-30-24/h6-12,16,31H,2-5H2,1H3,(H2,28,29,30). The Kier molecular flexibility index (Phi) is 6.12. The lowest BCUT2D eigenvalue weighted by Gasteiger charge is -2.12. The summed E-state index contributed by atoms with van der Waals surface area (Å²) < 4.78 is 20.4. The third-order valence-electron chi connectivity index (χ3n) is 6.09. The first-order chi connectivity index (χ1) is 15.9. The van der Waals surface area contributed by atoms with E-state index in [0.717, 1.165) is 45.5 Å². The Balaban J connectivity index is 1.48. The number of nitrogen functional groups attached to an aromatic ring is 1. The van der Waals surface area contributed by atoms with Crippen molar-refractivity contribution in [2.24, 2.45) is 0 Å². The number of rotatable bonds is 5. The van der Waals surface area contributed by atoms with Gasteiger partial charge in [0.1, 0.15) is 23.6 Å². The number of nitrogens with zero attached hydrogens (tertiary/aromatic N) is 3. The van der Waals surface area contributed by atoms with Crippen LogP contribution in [0.5, 0.6) is 0 Å². The lowest BCUT2D eigenvalue weighted by atomic mass is 10.1. The molecule has 3 N–H and O–H groups in total. The molecule has 0 saturated heterocycles. The molecule has 1 fully saturated rings. The van der Waals surface area contributed by atoms with E-state index in [1.807, 2.05) is 25.3 Å². The predicted molar refractivity (Wildman–Crippen MR) is 136 cm³/mol. The van der Waals surface area contributed by atoms with Crippen molar-refractivity contribution in [3.05, 3.63) is 64.3 Å². The fourth-order valence-electron chi connectivity index (χ4n) is 4.48. The molecule has 0 atom stereocenters. The van der Waals surface area contributed by atoms with E-state index in [1.165, 1.54) is 37.2 Å². The van der Waals surface area contributed by atoms with Crippen molar-refractivity contribution in [3.8, 4) is 11.1 Å². The van der Waals surface area contributed by atoms with Crippen LogP contribution in [0.2, 0.25) is 10.0 Å². The van der Waals surface area contributed by atoms with E-state index in [2.05, 4.69) is 19.3 Å². The second kappa shape index (κ2) is 9.05. The van der Waals surface area contributed by atoms with Gasteiger partial charge in [0, 0.05) is 22.8 Å². The second-order valence-corrected chi connectivity index (χ2v) is 9.94. The average molecular weight is 502 g/mol. The van der Waals surface area contributed by atoms with Crippen molar-refractivity contribution in [2.75, 3.05) is 10.5 Å². The molecule has 0 unspecified atom stereocenters. The topological polar surface area (TPSA) is 68.8 Å². The summed E-state index contributed by atoms with van der Waals surface area (Å²) in [6, 6.07) is 8.98. The Hall–Kier alpha value is -2.48. The van der Waals surface area contributed by atoms with Gasteiger partial charge in [-0.1, -0.05) is 42.1 Å². The molecule has 5 rings (SSSR count). The van der Waals surface area contributed by atoms with E-state index in [1.54, 1.807) is 12.1 Å². The first-order valence-electron chi connectivity index (χ1n) is 10.7. The highest BCUT2D eigenvalue weighted by molar-refractivity contribution is 8.00. The van der Waals surface area contributed by atoms with Crippen LogP contribution in [0.15, 0.2) is 47.8 Å². The predicted octanol–water partition coefficient (Wildman–Crippen LogP) is 7.67. The molecule has 1 aliphatic carbocycles. The first-order valence-corrected chi connectivity index (χ1v) is 12.3. The smallest absolute Gasteiger partial charge is 0.147 e. The monoisotopic (exact) mass is 501 g/mol. The number of hydrogen-bond acceptors (Lipinski definition) is 5. The van der Waals surface area contributed by atoms with Crippen molar-refractivity contribution >= 4 is 57.7 Å². The number of anilines is 2. The molecule has 5 nitrogen and oxygen atoms in total. The summed E-state index contributed by atoms with van der Waals surface area (Å²) in [6.07, 6.45) is 8.14. The average Bonchev–Trinajstić information content (AvgIpc) is 3.42. The van der Waals surface area contributed by atoms with Gasteiger partial charge in [-0.05, 0) is 67.1 Å². The largest absolute Gasteiger partial charge is 0.383 e. The Bertz CT molecular complexity index is 1330. The maximum absolute atomic E-state index is 15.1. The van der Waals surface area contributed by atoms with Gasteiger partial charge < -0.3 is 15.0 Å². The highest BCUT2D eigenvalue weighted by Gasteiger charge is 2.23. The summed E-state index contributed by atoms with van der Waals surface area (Å²) in [7, 11) is 0. The minimum atomic E-state index is -0.375. The number of hydrogen-bond donors (Lipinski definition) is 2. The normalized spacial score (nSPS) is 14.3. The molecular weight excluding hydrogens is 480 g/mol. The highest BCUT2D eigenvalue weighted by Crippen LogP contribution is 2.40. The van der Waals surface area contributed by atoms with Gasteiger partial charge in [0.25, 0.3) is 0 Å². The Morgan fingerprint density at radius 1 is 1.15 bits per heavy atom. The van der Waals surface area contributed by atoms with Crippen LogP contribution in [0.4, 0.5) is 15.9 Å². The third kappa shape index (κ3) is 4.25.